The monoisotopic (exact) mass is 306 g/mol. The van der Waals surface area contributed by atoms with E-state index in [1.807, 2.05) is 7.05 Å². The van der Waals surface area contributed by atoms with E-state index >= 15 is 0 Å². The van der Waals surface area contributed by atoms with Crippen LogP contribution in [0.5, 0.6) is 0 Å². The van der Waals surface area contributed by atoms with Gasteiger partial charge >= 0.3 is 0 Å². The zero-order valence-corrected chi connectivity index (χ0v) is 14.1. The van der Waals surface area contributed by atoms with Crippen molar-refractivity contribution in [3.8, 4) is 0 Å². The van der Waals surface area contributed by atoms with Gasteiger partial charge in [-0.3, -0.25) is 0 Å². The van der Waals surface area contributed by atoms with Crippen molar-refractivity contribution in [2.45, 2.75) is 20.3 Å². The van der Waals surface area contributed by atoms with Gasteiger partial charge in [-0.15, -0.1) is 0 Å². The quantitative estimate of drug-likeness (QED) is 0.644. The highest BCUT2D eigenvalue weighted by molar-refractivity contribution is 7.86. The smallest absolute Gasteiger partial charge is 0.281 e. The van der Waals surface area contributed by atoms with Gasteiger partial charge in [0.25, 0.3) is 10.2 Å². The summed E-state index contributed by atoms with van der Waals surface area (Å²) in [7, 11) is 0.267. The predicted octanol–water partition coefficient (Wildman–Crippen LogP) is 0.0461. The van der Waals surface area contributed by atoms with Crippen LogP contribution < -0.4 is 5.32 Å². The third-order valence-corrected chi connectivity index (χ3v) is 5.56. The molecule has 0 bridgehead atoms. The van der Waals surface area contributed by atoms with E-state index in [0.29, 0.717) is 25.6 Å². The number of rotatable bonds is 8. The molecule has 0 unspecified atom stereocenters. The highest BCUT2D eigenvalue weighted by Crippen LogP contribution is 2.12. The summed E-state index contributed by atoms with van der Waals surface area (Å²) >= 11 is 0. The molecule has 1 aliphatic rings. The lowest BCUT2D eigenvalue weighted by molar-refractivity contribution is 0.167. The summed E-state index contributed by atoms with van der Waals surface area (Å²) in [5.41, 5.74) is 0. The molecule has 1 saturated heterocycles. The lowest BCUT2D eigenvalue weighted by Crippen LogP contribution is -2.53. The number of piperazine rings is 1. The lowest BCUT2D eigenvalue weighted by atomic mass is 10.2. The SMILES string of the molecule is CNCCCN(C)S(=O)(=O)N1CCN(CC(C)C)CC1. The van der Waals surface area contributed by atoms with Crippen LogP contribution in [0.2, 0.25) is 0 Å². The van der Waals surface area contributed by atoms with E-state index in [1.54, 1.807) is 11.4 Å². The third kappa shape index (κ3) is 5.29. The third-order valence-electron chi connectivity index (χ3n) is 3.57. The molecular formula is C13H30N4O2S. The van der Waals surface area contributed by atoms with Gasteiger partial charge in [0.2, 0.25) is 0 Å². The van der Waals surface area contributed by atoms with Gasteiger partial charge in [-0.2, -0.15) is 17.0 Å². The molecule has 6 nitrogen and oxygen atoms in total. The molecular weight excluding hydrogens is 276 g/mol. The molecule has 0 spiro atoms. The Morgan fingerprint density at radius 3 is 2.30 bits per heavy atom. The second-order valence-corrected chi connectivity index (χ2v) is 7.92. The molecule has 0 radical (unpaired) electrons. The van der Waals surface area contributed by atoms with Crippen LogP contribution in [-0.4, -0.2) is 81.8 Å². The molecule has 0 aromatic heterocycles. The average molecular weight is 306 g/mol. The van der Waals surface area contributed by atoms with Crippen LogP contribution in [0.15, 0.2) is 0 Å². The molecule has 1 fully saturated rings. The van der Waals surface area contributed by atoms with Gasteiger partial charge in [0.1, 0.15) is 0 Å². The van der Waals surface area contributed by atoms with Crippen LogP contribution in [0.3, 0.4) is 0 Å². The van der Waals surface area contributed by atoms with E-state index in [4.69, 9.17) is 0 Å². The molecule has 0 amide bonds. The van der Waals surface area contributed by atoms with Crippen molar-refractivity contribution < 1.29 is 8.42 Å². The van der Waals surface area contributed by atoms with Crippen molar-refractivity contribution in [2.24, 2.45) is 5.92 Å². The molecule has 0 saturated carbocycles. The van der Waals surface area contributed by atoms with Gasteiger partial charge < -0.3 is 10.2 Å². The molecule has 0 aromatic rings. The van der Waals surface area contributed by atoms with Crippen LogP contribution in [0.4, 0.5) is 0 Å². The van der Waals surface area contributed by atoms with Crippen molar-refractivity contribution in [3.05, 3.63) is 0 Å². The summed E-state index contributed by atoms with van der Waals surface area (Å²) in [6.07, 6.45) is 0.833. The molecule has 1 aliphatic heterocycles. The Hall–Kier alpha value is -0.210. The standard InChI is InChI=1S/C13H30N4O2S/c1-13(2)12-16-8-10-17(11-9-16)20(18,19)15(4)7-5-6-14-3/h13-14H,5-12H2,1-4H3. The van der Waals surface area contributed by atoms with Crippen molar-refractivity contribution >= 4 is 10.2 Å². The fourth-order valence-corrected chi connectivity index (χ4v) is 3.83. The summed E-state index contributed by atoms with van der Waals surface area (Å²) in [4.78, 5) is 2.34. The van der Waals surface area contributed by atoms with Crippen LogP contribution in [-0.2, 0) is 10.2 Å². The summed E-state index contributed by atoms with van der Waals surface area (Å²) in [6, 6.07) is 0. The topological polar surface area (TPSA) is 55.9 Å². The van der Waals surface area contributed by atoms with Crippen molar-refractivity contribution in [1.82, 2.24) is 18.8 Å². The first-order valence-corrected chi connectivity index (χ1v) is 8.86. The lowest BCUT2D eigenvalue weighted by Gasteiger charge is -2.36. The molecule has 1 heterocycles. The van der Waals surface area contributed by atoms with E-state index in [1.165, 1.54) is 4.31 Å². The van der Waals surface area contributed by atoms with Gasteiger partial charge in [-0.25, -0.2) is 0 Å². The summed E-state index contributed by atoms with van der Waals surface area (Å²) < 4.78 is 27.9. The van der Waals surface area contributed by atoms with E-state index in [0.717, 1.165) is 32.6 Å². The second kappa shape index (κ2) is 8.29. The molecule has 20 heavy (non-hydrogen) atoms. The van der Waals surface area contributed by atoms with Gasteiger partial charge in [-0.05, 0) is 25.9 Å². The second-order valence-electron chi connectivity index (χ2n) is 5.88. The van der Waals surface area contributed by atoms with Crippen molar-refractivity contribution in [1.29, 1.82) is 0 Å². The zero-order chi connectivity index (χ0) is 15.2. The van der Waals surface area contributed by atoms with Crippen molar-refractivity contribution in [2.75, 3.05) is 59.9 Å². The van der Waals surface area contributed by atoms with E-state index in [2.05, 4.69) is 24.1 Å². The van der Waals surface area contributed by atoms with Gasteiger partial charge in [0, 0.05) is 46.3 Å². The minimum absolute atomic E-state index is 0.565. The molecule has 7 heteroatoms. The van der Waals surface area contributed by atoms with Gasteiger partial charge in [0.15, 0.2) is 0 Å². The number of nitrogens with one attached hydrogen (secondary N) is 1. The highest BCUT2D eigenvalue weighted by Gasteiger charge is 2.29. The fraction of sp³-hybridized carbons (Fsp3) is 1.00. The Labute approximate surface area is 124 Å². The molecule has 1 rings (SSSR count). The van der Waals surface area contributed by atoms with E-state index in [9.17, 15) is 8.42 Å². The number of nitrogens with zero attached hydrogens (tertiary/aromatic N) is 3. The fourth-order valence-electron chi connectivity index (χ4n) is 2.45. The first kappa shape index (κ1) is 17.8. The van der Waals surface area contributed by atoms with Gasteiger partial charge in [0.05, 0.1) is 0 Å². The Morgan fingerprint density at radius 1 is 1.20 bits per heavy atom. The minimum Gasteiger partial charge on any atom is -0.320 e. The maximum Gasteiger partial charge on any atom is 0.281 e. The summed E-state index contributed by atoms with van der Waals surface area (Å²) in [5.74, 6) is 0.627. The number of hydrogen-bond acceptors (Lipinski definition) is 4. The summed E-state index contributed by atoms with van der Waals surface area (Å²) in [5, 5.41) is 3.04. The van der Waals surface area contributed by atoms with Crippen molar-refractivity contribution in [3.63, 3.8) is 0 Å². The van der Waals surface area contributed by atoms with Crippen LogP contribution in [0.25, 0.3) is 0 Å². The average Bonchev–Trinajstić information content (AvgIpc) is 2.38. The maximum atomic E-state index is 12.4. The molecule has 1 N–H and O–H groups in total. The molecule has 0 atom stereocenters. The highest BCUT2D eigenvalue weighted by atomic mass is 32.2. The molecule has 0 aliphatic carbocycles. The van der Waals surface area contributed by atoms with Crippen LogP contribution in [0, 0.1) is 5.92 Å². The van der Waals surface area contributed by atoms with Gasteiger partial charge in [-0.1, -0.05) is 13.8 Å². The van der Waals surface area contributed by atoms with E-state index in [-0.39, 0.29) is 0 Å². The maximum absolute atomic E-state index is 12.4. The van der Waals surface area contributed by atoms with Crippen LogP contribution in [0.1, 0.15) is 20.3 Å². The van der Waals surface area contributed by atoms with E-state index < -0.39 is 10.2 Å². The Bertz CT molecular complexity index is 365. The first-order valence-electron chi connectivity index (χ1n) is 7.46. The molecule has 0 aromatic carbocycles. The Kier molecular flexibility index (Phi) is 7.39. The van der Waals surface area contributed by atoms with Crippen LogP contribution >= 0.6 is 0 Å². The Balaban J connectivity index is 2.45. The largest absolute Gasteiger partial charge is 0.320 e. The predicted molar refractivity (Wildman–Crippen MR) is 82.9 cm³/mol. The minimum atomic E-state index is -3.28. The molecule has 120 valence electrons. The number of hydrogen-bond donors (Lipinski definition) is 1. The summed E-state index contributed by atoms with van der Waals surface area (Å²) in [6.45, 7) is 9.71. The normalized spacial score (nSPS) is 19.1. The Morgan fingerprint density at radius 2 is 1.80 bits per heavy atom. The zero-order valence-electron chi connectivity index (χ0n) is 13.3. The first-order chi connectivity index (χ1) is 9.37.